The Morgan fingerprint density at radius 1 is 1.28 bits per heavy atom. The highest BCUT2D eigenvalue weighted by Gasteiger charge is 2.28. The predicted octanol–water partition coefficient (Wildman–Crippen LogP) is 0.263. The standard InChI is InChI=1S/C12H18O6/c1-8(2)12(13)18-7-11(16-5-9-3-14-9)17-6-10-4-15-10/h9-11H,1,3-7H2,2H3. The lowest BCUT2D eigenvalue weighted by Crippen LogP contribution is -2.28. The average molecular weight is 258 g/mol. The van der Waals surface area contributed by atoms with Crippen molar-refractivity contribution in [2.45, 2.75) is 25.4 Å². The zero-order chi connectivity index (χ0) is 13.0. The van der Waals surface area contributed by atoms with Crippen molar-refractivity contribution in [3.63, 3.8) is 0 Å². The van der Waals surface area contributed by atoms with Crippen LogP contribution in [0.25, 0.3) is 0 Å². The van der Waals surface area contributed by atoms with E-state index in [1.165, 1.54) is 0 Å². The van der Waals surface area contributed by atoms with Gasteiger partial charge in [-0.3, -0.25) is 0 Å². The van der Waals surface area contributed by atoms with Crippen molar-refractivity contribution in [2.24, 2.45) is 0 Å². The summed E-state index contributed by atoms with van der Waals surface area (Å²) in [5.74, 6) is -0.447. The molecule has 2 unspecified atom stereocenters. The van der Waals surface area contributed by atoms with Crippen LogP contribution in [-0.2, 0) is 28.5 Å². The summed E-state index contributed by atoms with van der Waals surface area (Å²) in [6, 6.07) is 0. The van der Waals surface area contributed by atoms with Gasteiger partial charge in [-0.1, -0.05) is 6.58 Å². The highest BCUT2D eigenvalue weighted by Crippen LogP contribution is 2.13. The summed E-state index contributed by atoms with van der Waals surface area (Å²) in [4.78, 5) is 11.3. The topological polar surface area (TPSA) is 69.8 Å². The van der Waals surface area contributed by atoms with E-state index in [2.05, 4.69) is 6.58 Å². The molecule has 102 valence electrons. The minimum atomic E-state index is -0.582. The molecule has 2 heterocycles. The molecule has 2 rings (SSSR count). The molecule has 0 N–H and O–H groups in total. The van der Waals surface area contributed by atoms with Crippen LogP contribution in [0, 0.1) is 0 Å². The fourth-order valence-electron chi connectivity index (χ4n) is 1.17. The van der Waals surface area contributed by atoms with E-state index < -0.39 is 12.3 Å². The molecule has 0 radical (unpaired) electrons. The normalized spacial score (nSPS) is 26.5. The van der Waals surface area contributed by atoms with Gasteiger partial charge in [0, 0.05) is 5.57 Å². The third-order valence-electron chi connectivity index (χ3n) is 2.44. The molecule has 0 saturated carbocycles. The molecule has 0 spiro atoms. The second-order valence-electron chi connectivity index (χ2n) is 4.39. The summed E-state index contributed by atoms with van der Waals surface area (Å²) in [5.41, 5.74) is 0.352. The van der Waals surface area contributed by atoms with Gasteiger partial charge in [0.1, 0.15) is 18.8 Å². The molecule has 6 heteroatoms. The number of carbonyl (C=O) groups excluding carboxylic acids is 1. The molecule has 2 atom stereocenters. The maximum atomic E-state index is 11.3. The van der Waals surface area contributed by atoms with Crippen molar-refractivity contribution >= 4 is 5.97 Å². The second-order valence-corrected chi connectivity index (χ2v) is 4.39. The monoisotopic (exact) mass is 258 g/mol. The molecule has 2 aliphatic heterocycles. The van der Waals surface area contributed by atoms with E-state index in [-0.39, 0.29) is 18.8 Å². The van der Waals surface area contributed by atoms with Crippen molar-refractivity contribution in [1.29, 1.82) is 0 Å². The molecule has 0 aliphatic carbocycles. The van der Waals surface area contributed by atoms with Gasteiger partial charge in [-0.25, -0.2) is 4.79 Å². The first-order chi connectivity index (χ1) is 8.65. The summed E-state index contributed by atoms with van der Waals surface area (Å²) in [7, 11) is 0. The Bertz CT molecular complexity index is 292. The molecular weight excluding hydrogens is 240 g/mol. The van der Waals surface area contributed by atoms with Gasteiger partial charge >= 0.3 is 5.97 Å². The van der Waals surface area contributed by atoms with E-state index in [4.69, 9.17) is 23.7 Å². The molecule has 2 aliphatic rings. The van der Waals surface area contributed by atoms with Crippen molar-refractivity contribution in [1.82, 2.24) is 0 Å². The number of hydrogen-bond acceptors (Lipinski definition) is 6. The van der Waals surface area contributed by atoms with Crippen LogP contribution in [0.4, 0.5) is 0 Å². The van der Waals surface area contributed by atoms with E-state index in [9.17, 15) is 4.79 Å². The Labute approximate surface area is 106 Å². The Kier molecular flexibility index (Phi) is 4.71. The van der Waals surface area contributed by atoms with Crippen molar-refractivity contribution in [2.75, 3.05) is 33.0 Å². The first-order valence-electron chi connectivity index (χ1n) is 5.94. The minimum Gasteiger partial charge on any atom is -0.457 e. The largest absolute Gasteiger partial charge is 0.457 e. The summed E-state index contributed by atoms with van der Waals surface area (Å²) in [6.45, 7) is 7.46. The molecule has 0 aromatic heterocycles. The fraction of sp³-hybridized carbons (Fsp3) is 0.750. The molecule has 0 bridgehead atoms. The highest BCUT2D eigenvalue weighted by molar-refractivity contribution is 5.86. The molecule has 0 aromatic rings. The molecular formula is C12H18O6. The Morgan fingerprint density at radius 2 is 1.78 bits per heavy atom. The molecule has 6 nitrogen and oxygen atoms in total. The maximum Gasteiger partial charge on any atom is 0.333 e. The number of epoxide rings is 2. The zero-order valence-corrected chi connectivity index (χ0v) is 10.4. The van der Waals surface area contributed by atoms with Gasteiger partial charge in [0.25, 0.3) is 0 Å². The van der Waals surface area contributed by atoms with Gasteiger partial charge in [0.05, 0.1) is 26.4 Å². The summed E-state index contributed by atoms with van der Waals surface area (Å²) < 4.78 is 26.0. The van der Waals surface area contributed by atoms with Gasteiger partial charge in [0.15, 0.2) is 6.29 Å². The Hall–Kier alpha value is -0.950. The van der Waals surface area contributed by atoms with Gasteiger partial charge in [-0.05, 0) is 6.92 Å². The van der Waals surface area contributed by atoms with Crippen LogP contribution in [0.3, 0.4) is 0 Å². The lowest BCUT2D eigenvalue weighted by molar-refractivity contribution is -0.182. The van der Waals surface area contributed by atoms with Gasteiger partial charge in [-0.2, -0.15) is 0 Å². The Morgan fingerprint density at radius 3 is 2.17 bits per heavy atom. The van der Waals surface area contributed by atoms with Crippen LogP contribution in [0.5, 0.6) is 0 Å². The van der Waals surface area contributed by atoms with Crippen LogP contribution in [0.1, 0.15) is 6.92 Å². The van der Waals surface area contributed by atoms with Crippen molar-refractivity contribution < 1.29 is 28.5 Å². The molecule has 18 heavy (non-hydrogen) atoms. The Balaban J connectivity index is 1.66. The van der Waals surface area contributed by atoms with Crippen LogP contribution >= 0.6 is 0 Å². The quantitative estimate of drug-likeness (QED) is 0.256. The molecule has 2 fully saturated rings. The number of ether oxygens (including phenoxy) is 5. The minimum absolute atomic E-state index is 0.0468. The first kappa shape index (κ1) is 13.5. The third-order valence-corrected chi connectivity index (χ3v) is 2.44. The highest BCUT2D eigenvalue weighted by atomic mass is 16.7. The van der Waals surface area contributed by atoms with E-state index in [0.717, 1.165) is 0 Å². The summed E-state index contributed by atoms with van der Waals surface area (Å²) in [6.07, 6.45) is -0.295. The lowest BCUT2D eigenvalue weighted by Gasteiger charge is -2.17. The van der Waals surface area contributed by atoms with E-state index in [1.807, 2.05) is 0 Å². The third kappa shape index (κ3) is 5.14. The SMILES string of the molecule is C=C(C)C(=O)OCC(OCC1CO1)OCC1CO1. The summed E-state index contributed by atoms with van der Waals surface area (Å²) in [5, 5.41) is 0. The van der Waals surface area contributed by atoms with Gasteiger partial charge in [0.2, 0.25) is 0 Å². The number of carbonyl (C=O) groups is 1. The van der Waals surface area contributed by atoms with Gasteiger partial charge in [-0.15, -0.1) is 0 Å². The van der Waals surface area contributed by atoms with Gasteiger partial charge < -0.3 is 23.7 Å². The predicted molar refractivity (Wildman–Crippen MR) is 60.9 cm³/mol. The zero-order valence-electron chi connectivity index (χ0n) is 10.4. The number of hydrogen-bond donors (Lipinski definition) is 0. The first-order valence-corrected chi connectivity index (χ1v) is 5.94. The van der Waals surface area contributed by atoms with Crippen LogP contribution in [0.2, 0.25) is 0 Å². The maximum absolute atomic E-state index is 11.3. The second kappa shape index (κ2) is 6.29. The fourth-order valence-corrected chi connectivity index (χ4v) is 1.17. The molecule has 0 amide bonds. The van der Waals surface area contributed by atoms with E-state index in [1.54, 1.807) is 6.92 Å². The lowest BCUT2D eigenvalue weighted by atomic mass is 10.4. The van der Waals surface area contributed by atoms with Crippen LogP contribution < -0.4 is 0 Å². The van der Waals surface area contributed by atoms with Crippen LogP contribution in [-0.4, -0.2) is 57.5 Å². The van der Waals surface area contributed by atoms with E-state index >= 15 is 0 Å². The van der Waals surface area contributed by atoms with Crippen molar-refractivity contribution in [3.05, 3.63) is 12.2 Å². The number of esters is 1. The molecule has 2 saturated heterocycles. The average Bonchev–Trinajstić information content (AvgIpc) is 3.21. The van der Waals surface area contributed by atoms with Crippen molar-refractivity contribution in [3.8, 4) is 0 Å². The van der Waals surface area contributed by atoms with Crippen LogP contribution in [0.15, 0.2) is 12.2 Å². The molecule has 0 aromatic carbocycles. The van der Waals surface area contributed by atoms with E-state index in [0.29, 0.717) is 32.0 Å². The number of rotatable bonds is 9. The summed E-state index contributed by atoms with van der Waals surface area (Å²) >= 11 is 0. The smallest absolute Gasteiger partial charge is 0.333 e.